The lowest BCUT2D eigenvalue weighted by Crippen LogP contribution is -2.17. The smallest absolute Gasteiger partial charge is 0.493 e. The van der Waals surface area contributed by atoms with Crippen LogP contribution in [0.5, 0.6) is 11.5 Å². The Bertz CT molecular complexity index is 360. The zero-order chi connectivity index (χ0) is 10.9. The zero-order valence-electron chi connectivity index (χ0n) is 7.73. The van der Waals surface area contributed by atoms with Crippen LogP contribution < -0.4 is 9.47 Å². The molecule has 0 aromatic heterocycles. The Kier molecular flexibility index (Phi) is 2.46. The van der Waals surface area contributed by atoms with Gasteiger partial charge in [0, 0.05) is 12.1 Å². The third-order valence-corrected chi connectivity index (χ3v) is 2.04. The number of rotatable bonds is 1. The average molecular weight is 217 g/mol. The molecule has 1 aliphatic heterocycles. The van der Waals surface area contributed by atoms with Crippen LogP contribution in [0, 0.1) is 6.07 Å². The lowest BCUT2D eigenvalue weighted by atomic mass is 10.1. The molecule has 81 valence electrons. The molecular formula is C10H8F3O2. The summed E-state index contributed by atoms with van der Waals surface area (Å²) in [6, 6.07) is 5.14. The average Bonchev–Trinajstić information content (AvgIpc) is 2.15. The van der Waals surface area contributed by atoms with Crippen LogP contribution in [0.2, 0.25) is 0 Å². The molecular weight excluding hydrogens is 209 g/mol. The Labute approximate surface area is 84.6 Å². The monoisotopic (exact) mass is 217 g/mol. The number of ether oxygens (including phenoxy) is 2. The lowest BCUT2D eigenvalue weighted by molar-refractivity contribution is -0.274. The van der Waals surface area contributed by atoms with E-state index in [0.717, 1.165) is 18.4 Å². The predicted octanol–water partition coefficient (Wildman–Crippen LogP) is 2.71. The first-order chi connectivity index (χ1) is 7.04. The van der Waals surface area contributed by atoms with Gasteiger partial charge in [0.2, 0.25) is 0 Å². The van der Waals surface area contributed by atoms with Crippen molar-refractivity contribution in [1.82, 2.24) is 0 Å². The Balaban J connectivity index is 2.21. The van der Waals surface area contributed by atoms with Gasteiger partial charge in [-0.1, -0.05) is 0 Å². The van der Waals surface area contributed by atoms with Crippen LogP contribution in [0.15, 0.2) is 12.1 Å². The van der Waals surface area contributed by atoms with Gasteiger partial charge in [-0.15, -0.1) is 13.2 Å². The van der Waals surface area contributed by atoms with E-state index in [-0.39, 0.29) is 5.75 Å². The molecule has 0 saturated heterocycles. The summed E-state index contributed by atoms with van der Waals surface area (Å²) in [5, 5.41) is 0. The first-order valence-electron chi connectivity index (χ1n) is 4.48. The first kappa shape index (κ1) is 10.1. The van der Waals surface area contributed by atoms with Crippen LogP contribution in [-0.4, -0.2) is 13.0 Å². The summed E-state index contributed by atoms with van der Waals surface area (Å²) in [6.45, 7) is 0.530. The van der Waals surface area contributed by atoms with Crippen molar-refractivity contribution in [3.05, 3.63) is 23.8 Å². The second-order valence-electron chi connectivity index (χ2n) is 3.19. The molecule has 1 aromatic rings. The van der Waals surface area contributed by atoms with E-state index < -0.39 is 6.36 Å². The van der Waals surface area contributed by atoms with Crippen LogP contribution in [0.4, 0.5) is 13.2 Å². The van der Waals surface area contributed by atoms with Crippen LogP contribution in [0.25, 0.3) is 0 Å². The highest BCUT2D eigenvalue weighted by atomic mass is 19.4. The molecule has 0 N–H and O–H groups in total. The molecule has 0 bridgehead atoms. The van der Waals surface area contributed by atoms with Gasteiger partial charge in [0.25, 0.3) is 0 Å². The molecule has 0 spiro atoms. The topological polar surface area (TPSA) is 18.5 Å². The molecule has 2 rings (SSSR count). The fourth-order valence-electron chi connectivity index (χ4n) is 1.44. The zero-order valence-corrected chi connectivity index (χ0v) is 7.73. The van der Waals surface area contributed by atoms with Gasteiger partial charge in [-0.05, 0) is 24.5 Å². The van der Waals surface area contributed by atoms with Crippen molar-refractivity contribution in [3.63, 3.8) is 0 Å². The van der Waals surface area contributed by atoms with E-state index in [1.165, 1.54) is 12.1 Å². The molecule has 0 unspecified atom stereocenters. The van der Waals surface area contributed by atoms with E-state index in [4.69, 9.17) is 4.74 Å². The number of benzene rings is 1. The van der Waals surface area contributed by atoms with Gasteiger partial charge in [0.05, 0.1) is 6.61 Å². The Hall–Kier alpha value is -1.39. The number of alkyl halides is 3. The molecule has 0 saturated carbocycles. The molecule has 1 aliphatic rings. The van der Waals surface area contributed by atoms with Crippen molar-refractivity contribution in [3.8, 4) is 11.5 Å². The first-order valence-corrected chi connectivity index (χ1v) is 4.48. The molecule has 0 amide bonds. The van der Waals surface area contributed by atoms with Gasteiger partial charge >= 0.3 is 6.36 Å². The third kappa shape index (κ3) is 2.55. The van der Waals surface area contributed by atoms with E-state index in [1.807, 2.05) is 0 Å². The third-order valence-electron chi connectivity index (χ3n) is 2.04. The molecule has 1 aromatic carbocycles. The summed E-state index contributed by atoms with van der Waals surface area (Å²) in [5.41, 5.74) is 0.871. The van der Waals surface area contributed by atoms with Gasteiger partial charge < -0.3 is 9.47 Å². The molecule has 1 heterocycles. The summed E-state index contributed by atoms with van der Waals surface area (Å²) in [5.74, 6) is 0.0994. The normalized spacial score (nSPS) is 15.4. The maximum absolute atomic E-state index is 11.9. The standard InChI is InChI=1S/C10H8F3O2/c11-10(12,13)15-8-4-3-7-2-1-5-14-9(7)6-8/h3,6H,1-2,5H2. The summed E-state index contributed by atoms with van der Waals surface area (Å²) < 4.78 is 44.6. The largest absolute Gasteiger partial charge is 0.573 e. The van der Waals surface area contributed by atoms with Crippen molar-refractivity contribution >= 4 is 0 Å². The quantitative estimate of drug-likeness (QED) is 0.720. The maximum atomic E-state index is 11.9. The molecule has 2 nitrogen and oxygen atoms in total. The van der Waals surface area contributed by atoms with E-state index in [2.05, 4.69) is 10.8 Å². The fraction of sp³-hybridized carbons (Fsp3) is 0.400. The lowest BCUT2D eigenvalue weighted by Gasteiger charge is -2.18. The second-order valence-corrected chi connectivity index (χ2v) is 3.19. The van der Waals surface area contributed by atoms with E-state index >= 15 is 0 Å². The number of aryl methyl sites for hydroxylation is 1. The second kappa shape index (κ2) is 3.64. The molecule has 0 fully saturated rings. The summed E-state index contributed by atoms with van der Waals surface area (Å²) in [7, 11) is 0. The highest BCUT2D eigenvalue weighted by molar-refractivity contribution is 5.41. The number of hydrogen-bond acceptors (Lipinski definition) is 2. The minimum Gasteiger partial charge on any atom is -0.493 e. The van der Waals surface area contributed by atoms with Crippen molar-refractivity contribution in [2.24, 2.45) is 0 Å². The predicted molar refractivity (Wildman–Crippen MR) is 45.8 cm³/mol. The Morgan fingerprint density at radius 2 is 2.20 bits per heavy atom. The van der Waals surface area contributed by atoms with Crippen molar-refractivity contribution in [2.75, 3.05) is 6.61 Å². The van der Waals surface area contributed by atoms with Crippen molar-refractivity contribution in [2.45, 2.75) is 19.2 Å². The molecule has 5 heteroatoms. The van der Waals surface area contributed by atoms with Gasteiger partial charge in [0.15, 0.2) is 0 Å². The van der Waals surface area contributed by atoms with Crippen LogP contribution in [-0.2, 0) is 6.42 Å². The summed E-state index contributed by atoms with van der Waals surface area (Å²) >= 11 is 0. The number of halogens is 3. The highest BCUT2D eigenvalue weighted by Gasteiger charge is 2.31. The fourth-order valence-corrected chi connectivity index (χ4v) is 1.44. The maximum Gasteiger partial charge on any atom is 0.573 e. The molecule has 1 radical (unpaired) electrons. The summed E-state index contributed by atoms with van der Waals surface area (Å²) in [4.78, 5) is 0. The number of fused-ring (bicyclic) bond motifs is 1. The SMILES string of the molecule is FC(F)(F)Oc1[c]cc2c(c1)OCCC2. The van der Waals surface area contributed by atoms with E-state index in [9.17, 15) is 13.2 Å². The van der Waals surface area contributed by atoms with Gasteiger partial charge in [0.1, 0.15) is 11.5 Å². The highest BCUT2D eigenvalue weighted by Crippen LogP contribution is 2.31. The van der Waals surface area contributed by atoms with Crippen molar-refractivity contribution < 1.29 is 22.6 Å². The Morgan fingerprint density at radius 1 is 1.40 bits per heavy atom. The number of hydrogen-bond donors (Lipinski definition) is 0. The van der Waals surface area contributed by atoms with E-state index in [0.29, 0.717) is 12.4 Å². The molecule has 0 atom stereocenters. The minimum atomic E-state index is -4.68. The Morgan fingerprint density at radius 3 is 2.93 bits per heavy atom. The summed E-state index contributed by atoms with van der Waals surface area (Å²) in [6.07, 6.45) is -3.00. The van der Waals surface area contributed by atoms with E-state index in [1.54, 1.807) is 0 Å². The van der Waals surface area contributed by atoms with Gasteiger partial charge in [-0.3, -0.25) is 0 Å². The van der Waals surface area contributed by atoms with Crippen LogP contribution in [0.3, 0.4) is 0 Å². The van der Waals surface area contributed by atoms with Crippen LogP contribution in [0.1, 0.15) is 12.0 Å². The molecule has 0 aliphatic carbocycles. The van der Waals surface area contributed by atoms with Crippen molar-refractivity contribution in [1.29, 1.82) is 0 Å². The molecule has 15 heavy (non-hydrogen) atoms. The van der Waals surface area contributed by atoms with Crippen LogP contribution >= 0.6 is 0 Å². The van der Waals surface area contributed by atoms with Gasteiger partial charge in [-0.25, -0.2) is 0 Å². The van der Waals surface area contributed by atoms with Gasteiger partial charge in [-0.2, -0.15) is 0 Å². The minimum absolute atomic E-state index is 0.358.